The van der Waals surface area contributed by atoms with Crippen molar-refractivity contribution in [2.24, 2.45) is 0 Å². The van der Waals surface area contributed by atoms with E-state index in [-0.39, 0.29) is 5.97 Å². The zero-order valence-electron chi connectivity index (χ0n) is 20.1. The molecule has 0 bridgehead atoms. The number of quaternary nitrogens is 1. The van der Waals surface area contributed by atoms with Gasteiger partial charge in [0, 0.05) is 6.42 Å². The average molecular weight is 462 g/mol. The minimum atomic E-state index is -4.44. The summed E-state index contributed by atoms with van der Waals surface area (Å²) >= 11 is 0. The highest BCUT2D eigenvalue weighted by Gasteiger charge is 2.30. The van der Waals surface area contributed by atoms with Crippen molar-refractivity contribution in [3.8, 4) is 0 Å². The van der Waals surface area contributed by atoms with Crippen molar-refractivity contribution in [2.75, 3.05) is 32.4 Å². The van der Waals surface area contributed by atoms with E-state index in [1.807, 2.05) is 0 Å². The standard InChI is InChI=1S/C24H47NO5S/c1-3-4-5-6-7-8-9-10-11-12-15-18-24(26)30-23(22-31(27,28)29)21-25(2)19-16-13-14-17-20-25/h23H,3-22H2,1-2H3. The maximum atomic E-state index is 12.3. The molecule has 31 heavy (non-hydrogen) atoms. The average Bonchev–Trinajstić information content (AvgIpc) is 2.89. The van der Waals surface area contributed by atoms with Crippen molar-refractivity contribution in [2.45, 2.75) is 116 Å². The van der Waals surface area contributed by atoms with Gasteiger partial charge < -0.3 is 13.8 Å². The molecule has 0 N–H and O–H groups in total. The number of unbranched alkanes of at least 4 members (excludes halogenated alkanes) is 10. The number of hydrogen-bond donors (Lipinski definition) is 0. The van der Waals surface area contributed by atoms with E-state index in [1.54, 1.807) is 0 Å². The van der Waals surface area contributed by atoms with E-state index in [4.69, 9.17) is 4.74 Å². The number of likely N-dealkylation sites (tertiary alicyclic amines) is 1. The Kier molecular flexibility index (Phi) is 14.7. The van der Waals surface area contributed by atoms with Crippen LogP contribution in [0.2, 0.25) is 0 Å². The third-order valence-corrected chi connectivity index (χ3v) is 7.24. The maximum absolute atomic E-state index is 12.3. The van der Waals surface area contributed by atoms with Gasteiger partial charge in [-0.25, -0.2) is 8.42 Å². The van der Waals surface area contributed by atoms with E-state index in [0.29, 0.717) is 17.4 Å². The Morgan fingerprint density at radius 3 is 1.84 bits per heavy atom. The van der Waals surface area contributed by atoms with Crippen molar-refractivity contribution in [1.29, 1.82) is 0 Å². The molecule has 1 unspecified atom stereocenters. The lowest BCUT2D eigenvalue weighted by Gasteiger charge is -2.36. The molecule has 0 saturated carbocycles. The maximum Gasteiger partial charge on any atom is 0.306 e. The molecule has 1 rings (SSSR count). The third-order valence-electron chi connectivity index (χ3n) is 6.46. The van der Waals surface area contributed by atoms with E-state index in [0.717, 1.165) is 45.2 Å². The van der Waals surface area contributed by atoms with Gasteiger partial charge in [-0.05, 0) is 32.1 Å². The van der Waals surface area contributed by atoms with Crippen molar-refractivity contribution in [3.05, 3.63) is 0 Å². The van der Waals surface area contributed by atoms with E-state index >= 15 is 0 Å². The van der Waals surface area contributed by atoms with Gasteiger partial charge in [0.2, 0.25) is 0 Å². The molecule has 1 saturated heterocycles. The summed E-state index contributed by atoms with van der Waals surface area (Å²) in [6.45, 7) is 4.52. The van der Waals surface area contributed by atoms with Gasteiger partial charge in [0.05, 0.1) is 36.0 Å². The molecule has 0 aliphatic carbocycles. The first kappa shape index (κ1) is 28.4. The number of nitrogens with zero attached hydrogens (tertiary/aromatic N) is 1. The van der Waals surface area contributed by atoms with E-state index in [1.165, 1.54) is 64.2 Å². The molecular formula is C24H47NO5S. The third kappa shape index (κ3) is 15.7. The molecular weight excluding hydrogens is 414 g/mol. The van der Waals surface area contributed by atoms with Crippen LogP contribution < -0.4 is 0 Å². The van der Waals surface area contributed by atoms with Crippen LogP contribution in [0, 0.1) is 0 Å². The number of rotatable bonds is 17. The Morgan fingerprint density at radius 2 is 1.35 bits per heavy atom. The van der Waals surface area contributed by atoms with Gasteiger partial charge >= 0.3 is 5.97 Å². The number of hydrogen-bond acceptors (Lipinski definition) is 5. The molecule has 0 spiro atoms. The van der Waals surface area contributed by atoms with Crippen LogP contribution in [0.3, 0.4) is 0 Å². The number of esters is 1. The van der Waals surface area contributed by atoms with Gasteiger partial charge in [0.25, 0.3) is 0 Å². The highest BCUT2D eigenvalue weighted by molar-refractivity contribution is 7.85. The fourth-order valence-corrected chi connectivity index (χ4v) is 5.29. The van der Waals surface area contributed by atoms with E-state index in [2.05, 4.69) is 14.0 Å². The summed E-state index contributed by atoms with van der Waals surface area (Å²) in [7, 11) is -2.36. The molecule has 1 fully saturated rings. The molecule has 1 heterocycles. The predicted molar refractivity (Wildman–Crippen MR) is 125 cm³/mol. The zero-order valence-corrected chi connectivity index (χ0v) is 20.9. The highest BCUT2D eigenvalue weighted by atomic mass is 32.2. The fourth-order valence-electron chi connectivity index (χ4n) is 4.66. The van der Waals surface area contributed by atoms with Crippen LogP contribution in [-0.4, -0.2) is 62.0 Å². The summed E-state index contributed by atoms with van der Waals surface area (Å²) in [6, 6.07) is 0. The molecule has 1 aliphatic rings. The van der Waals surface area contributed by atoms with Gasteiger partial charge in [-0.15, -0.1) is 0 Å². The lowest BCUT2D eigenvalue weighted by molar-refractivity contribution is -0.911. The number of carbonyl (C=O) groups is 1. The Morgan fingerprint density at radius 1 is 0.871 bits per heavy atom. The molecule has 1 aliphatic heterocycles. The first-order valence-corrected chi connectivity index (χ1v) is 14.3. The van der Waals surface area contributed by atoms with Crippen molar-refractivity contribution in [1.82, 2.24) is 0 Å². The Hall–Kier alpha value is -0.660. The summed E-state index contributed by atoms with van der Waals surface area (Å²) in [5.41, 5.74) is 0. The Bertz CT molecular complexity index is 571. The molecule has 1 atom stereocenters. The summed E-state index contributed by atoms with van der Waals surface area (Å²) in [5.74, 6) is -0.990. The second-order valence-electron chi connectivity index (χ2n) is 9.79. The van der Waals surface area contributed by atoms with Crippen LogP contribution in [0.1, 0.15) is 110 Å². The second-order valence-corrected chi connectivity index (χ2v) is 11.2. The summed E-state index contributed by atoms with van der Waals surface area (Å²) in [5, 5.41) is 0. The summed E-state index contributed by atoms with van der Waals surface area (Å²) < 4.78 is 40.2. The smallest absolute Gasteiger partial charge is 0.306 e. The first-order valence-electron chi connectivity index (χ1n) is 12.7. The largest absolute Gasteiger partial charge is 0.748 e. The van der Waals surface area contributed by atoms with E-state index in [9.17, 15) is 17.8 Å². The van der Waals surface area contributed by atoms with Gasteiger partial charge in [0.1, 0.15) is 6.54 Å². The fraction of sp³-hybridized carbons (Fsp3) is 0.958. The van der Waals surface area contributed by atoms with Crippen molar-refractivity contribution >= 4 is 16.1 Å². The molecule has 6 nitrogen and oxygen atoms in total. The number of ether oxygens (including phenoxy) is 1. The molecule has 0 radical (unpaired) electrons. The summed E-state index contributed by atoms with van der Waals surface area (Å²) in [4.78, 5) is 12.3. The lowest BCUT2D eigenvalue weighted by Crippen LogP contribution is -2.51. The van der Waals surface area contributed by atoms with Gasteiger partial charge in [-0.1, -0.05) is 71.1 Å². The molecule has 0 aromatic rings. The monoisotopic (exact) mass is 461 g/mol. The van der Waals surface area contributed by atoms with Crippen LogP contribution in [-0.2, 0) is 19.6 Å². The SMILES string of the molecule is CCCCCCCCCCCCCC(=O)OC(C[N+]1(C)CCCCCC1)CS(=O)(=O)[O-]. The highest BCUT2D eigenvalue weighted by Crippen LogP contribution is 2.19. The topological polar surface area (TPSA) is 83.5 Å². The first-order chi connectivity index (χ1) is 14.7. The molecule has 0 aromatic heterocycles. The Balaban J connectivity index is 2.26. The Labute approximate surface area is 191 Å². The quantitative estimate of drug-likeness (QED) is 0.129. The van der Waals surface area contributed by atoms with Crippen LogP contribution in [0.5, 0.6) is 0 Å². The molecule has 7 heteroatoms. The van der Waals surface area contributed by atoms with E-state index < -0.39 is 22.0 Å². The molecule has 0 aromatic carbocycles. The van der Waals surface area contributed by atoms with Crippen LogP contribution >= 0.6 is 0 Å². The normalized spacial score (nSPS) is 17.8. The minimum absolute atomic E-state index is 0.302. The van der Waals surface area contributed by atoms with Crippen LogP contribution in [0.25, 0.3) is 0 Å². The van der Waals surface area contributed by atoms with Crippen molar-refractivity contribution in [3.63, 3.8) is 0 Å². The van der Waals surface area contributed by atoms with Gasteiger partial charge in [-0.2, -0.15) is 0 Å². The van der Waals surface area contributed by atoms with Gasteiger partial charge in [-0.3, -0.25) is 4.79 Å². The van der Waals surface area contributed by atoms with Crippen molar-refractivity contribution < 1.29 is 27.0 Å². The van der Waals surface area contributed by atoms with Gasteiger partial charge in [0.15, 0.2) is 6.10 Å². The number of carbonyl (C=O) groups excluding carboxylic acids is 1. The van der Waals surface area contributed by atoms with Crippen LogP contribution in [0.15, 0.2) is 0 Å². The lowest BCUT2D eigenvalue weighted by atomic mass is 10.1. The van der Waals surface area contributed by atoms with Crippen LogP contribution in [0.4, 0.5) is 0 Å². The molecule has 0 amide bonds. The summed E-state index contributed by atoms with van der Waals surface area (Å²) in [6.07, 6.45) is 17.3. The molecule has 184 valence electrons. The number of likely N-dealkylation sites (N-methyl/N-ethyl adjacent to an activating group) is 1. The predicted octanol–water partition coefficient (Wildman–Crippen LogP) is 5.17. The minimum Gasteiger partial charge on any atom is -0.748 e. The second kappa shape index (κ2) is 16.0. The zero-order chi connectivity index (χ0) is 23.0.